The highest BCUT2D eigenvalue weighted by Crippen LogP contribution is 2.43. The van der Waals surface area contributed by atoms with Crippen LogP contribution >= 0.6 is 0 Å². The smallest absolute Gasteiger partial charge is 0.382 e. The third-order valence-electron chi connectivity index (χ3n) is 4.55. The Bertz CT molecular complexity index is 259. The summed E-state index contributed by atoms with van der Waals surface area (Å²) in [4.78, 5) is 0. The molecule has 4 atom stereocenters. The second-order valence-corrected chi connectivity index (χ2v) is 9.05. The van der Waals surface area contributed by atoms with Crippen LogP contribution in [0.4, 0.5) is 0 Å². The molecule has 2 aliphatic rings. The third kappa shape index (κ3) is 3.60. The van der Waals surface area contributed by atoms with Crippen molar-refractivity contribution in [2.75, 3.05) is 13.2 Å². The van der Waals surface area contributed by atoms with Crippen LogP contribution in [0.5, 0.6) is 0 Å². The van der Waals surface area contributed by atoms with Crippen molar-refractivity contribution in [3.05, 3.63) is 0 Å². The molecule has 0 spiro atoms. The first kappa shape index (κ1) is 15.5. The van der Waals surface area contributed by atoms with Crippen LogP contribution in [0.3, 0.4) is 0 Å². The van der Waals surface area contributed by atoms with Crippen molar-refractivity contribution in [2.24, 2.45) is 0 Å². The summed E-state index contributed by atoms with van der Waals surface area (Å²) in [6.07, 6.45) is 11.0. The molecule has 2 heterocycles. The van der Waals surface area contributed by atoms with Gasteiger partial charge in [-0.2, -0.15) is 0 Å². The summed E-state index contributed by atoms with van der Waals surface area (Å²) in [7, 11) is -2.01. The molecule has 2 fully saturated rings. The molecule has 0 aromatic carbocycles. The molecule has 0 aliphatic carbocycles. The van der Waals surface area contributed by atoms with Gasteiger partial charge in [0.1, 0.15) is 0 Å². The van der Waals surface area contributed by atoms with Crippen molar-refractivity contribution < 1.29 is 8.85 Å². The fraction of sp³-hybridized carbons (Fsp3) is 1.00. The van der Waals surface area contributed by atoms with Crippen LogP contribution in [0.25, 0.3) is 0 Å². The normalized spacial score (nSPS) is 37.4. The summed E-state index contributed by atoms with van der Waals surface area (Å²) in [6.45, 7) is 8.51. The standard InChI is InChI=1S/C15H31NO2Si/c1-4-14(3)18-19(17-5-2)15-12-10-8-6-7-9-11-13-16(15)19/h14-15H,4-13H2,1-3H3. The molecule has 2 aliphatic heterocycles. The maximum Gasteiger partial charge on any atom is 0.445 e. The van der Waals surface area contributed by atoms with Crippen molar-refractivity contribution in [2.45, 2.75) is 83.9 Å². The molecule has 0 aromatic rings. The summed E-state index contributed by atoms with van der Waals surface area (Å²) in [5, 5.41) is 0. The number of fused-ring (bicyclic) bond motifs is 1. The van der Waals surface area contributed by atoms with E-state index in [0.29, 0.717) is 11.8 Å². The van der Waals surface area contributed by atoms with E-state index in [2.05, 4.69) is 25.3 Å². The number of rotatable bonds is 5. The van der Waals surface area contributed by atoms with E-state index in [-0.39, 0.29) is 0 Å². The van der Waals surface area contributed by atoms with Gasteiger partial charge in [-0.05, 0) is 39.7 Å². The summed E-state index contributed by atoms with van der Waals surface area (Å²) >= 11 is 0. The van der Waals surface area contributed by atoms with Crippen LogP contribution in [0.1, 0.15) is 72.1 Å². The highest BCUT2D eigenvalue weighted by atomic mass is 28.4. The third-order valence-corrected chi connectivity index (χ3v) is 8.51. The van der Waals surface area contributed by atoms with E-state index in [4.69, 9.17) is 8.85 Å². The minimum atomic E-state index is -2.01. The molecule has 3 nitrogen and oxygen atoms in total. The molecule has 2 saturated heterocycles. The first-order valence-electron chi connectivity index (χ1n) is 8.33. The lowest BCUT2D eigenvalue weighted by atomic mass is 10.1. The van der Waals surface area contributed by atoms with Crippen molar-refractivity contribution in [1.82, 2.24) is 4.57 Å². The van der Waals surface area contributed by atoms with Crippen molar-refractivity contribution in [3.8, 4) is 0 Å². The lowest BCUT2D eigenvalue weighted by Gasteiger charge is -2.20. The van der Waals surface area contributed by atoms with Gasteiger partial charge in [-0.3, -0.25) is 4.57 Å². The Morgan fingerprint density at radius 2 is 1.79 bits per heavy atom. The van der Waals surface area contributed by atoms with Crippen molar-refractivity contribution >= 4 is 8.72 Å². The average molecular weight is 286 g/mol. The van der Waals surface area contributed by atoms with Gasteiger partial charge in [0.25, 0.3) is 0 Å². The highest BCUT2D eigenvalue weighted by molar-refractivity contribution is 6.76. The molecule has 4 heteroatoms. The lowest BCUT2D eigenvalue weighted by Crippen LogP contribution is -2.38. The SMILES string of the molecule is CCO[Si]1(OC(C)CC)C2CCCCCCCCN21. The lowest BCUT2D eigenvalue weighted by molar-refractivity contribution is 0.130. The first-order valence-corrected chi connectivity index (χ1v) is 10.2. The fourth-order valence-electron chi connectivity index (χ4n) is 3.27. The topological polar surface area (TPSA) is 21.5 Å². The van der Waals surface area contributed by atoms with Gasteiger partial charge in [0.2, 0.25) is 0 Å². The predicted molar refractivity (Wildman–Crippen MR) is 81.0 cm³/mol. The Kier molecular flexibility index (Phi) is 5.87. The van der Waals surface area contributed by atoms with Crippen LogP contribution in [0.15, 0.2) is 0 Å². The number of hydrogen-bond donors (Lipinski definition) is 0. The summed E-state index contributed by atoms with van der Waals surface area (Å²) in [6, 6.07) is 0. The van der Waals surface area contributed by atoms with E-state index in [1.807, 2.05) is 0 Å². The molecular weight excluding hydrogens is 254 g/mol. The van der Waals surface area contributed by atoms with Gasteiger partial charge >= 0.3 is 8.72 Å². The zero-order valence-electron chi connectivity index (χ0n) is 13.0. The zero-order valence-corrected chi connectivity index (χ0v) is 14.0. The zero-order chi connectivity index (χ0) is 13.7. The minimum absolute atomic E-state index is 0.343. The summed E-state index contributed by atoms with van der Waals surface area (Å²) < 4.78 is 15.2. The molecule has 19 heavy (non-hydrogen) atoms. The Morgan fingerprint density at radius 1 is 1.11 bits per heavy atom. The molecule has 4 unspecified atom stereocenters. The van der Waals surface area contributed by atoms with Gasteiger partial charge in [0.15, 0.2) is 0 Å². The van der Waals surface area contributed by atoms with Gasteiger partial charge in [0, 0.05) is 12.7 Å². The van der Waals surface area contributed by atoms with E-state index in [0.717, 1.165) is 13.0 Å². The van der Waals surface area contributed by atoms with Crippen molar-refractivity contribution in [3.63, 3.8) is 0 Å². The van der Waals surface area contributed by atoms with Crippen LogP contribution in [0.2, 0.25) is 0 Å². The second-order valence-electron chi connectivity index (χ2n) is 6.02. The van der Waals surface area contributed by atoms with Crippen LogP contribution in [-0.2, 0) is 8.85 Å². The monoisotopic (exact) mass is 285 g/mol. The molecule has 0 amide bonds. The summed E-state index contributed by atoms with van der Waals surface area (Å²) in [5.41, 5.74) is 0.638. The molecular formula is C15H31NO2Si. The van der Waals surface area contributed by atoms with Gasteiger partial charge in [-0.25, -0.2) is 0 Å². The van der Waals surface area contributed by atoms with E-state index in [1.165, 1.54) is 51.5 Å². The van der Waals surface area contributed by atoms with Crippen LogP contribution in [0, 0.1) is 0 Å². The first-order chi connectivity index (χ1) is 9.24. The van der Waals surface area contributed by atoms with Crippen LogP contribution < -0.4 is 0 Å². The average Bonchev–Trinajstić information content (AvgIpc) is 3.01. The maximum atomic E-state index is 6.42. The number of nitrogens with zero attached hydrogens (tertiary/aromatic N) is 1. The molecule has 2 rings (SSSR count). The maximum absolute atomic E-state index is 6.42. The van der Waals surface area contributed by atoms with E-state index in [9.17, 15) is 0 Å². The quantitative estimate of drug-likeness (QED) is 0.567. The predicted octanol–water partition coefficient (Wildman–Crippen LogP) is 3.74. The van der Waals surface area contributed by atoms with Gasteiger partial charge in [-0.15, -0.1) is 0 Å². The molecule has 0 aromatic heterocycles. The highest BCUT2D eigenvalue weighted by Gasteiger charge is 2.70. The number of hydrogen-bond acceptors (Lipinski definition) is 3. The van der Waals surface area contributed by atoms with E-state index in [1.54, 1.807) is 0 Å². The Hall–Kier alpha value is 0.0969. The van der Waals surface area contributed by atoms with E-state index < -0.39 is 8.72 Å². The van der Waals surface area contributed by atoms with Gasteiger partial charge in [-0.1, -0.05) is 39.0 Å². The fourth-order valence-corrected chi connectivity index (χ4v) is 7.48. The largest absolute Gasteiger partial charge is 0.445 e. The second kappa shape index (κ2) is 7.20. The van der Waals surface area contributed by atoms with E-state index >= 15 is 0 Å². The van der Waals surface area contributed by atoms with Gasteiger partial charge < -0.3 is 8.85 Å². The van der Waals surface area contributed by atoms with Crippen molar-refractivity contribution in [1.29, 1.82) is 0 Å². The summed E-state index contributed by atoms with van der Waals surface area (Å²) in [5.74, 6) is 0. The van der Waals surface area contributed by atoms with Gasteiger partial charge in [0.05, 0.1) is 5.67 Å². The molecule has 0 saturated carbocycles. The van der Waals surface area contributed by atoms with Crippen LogP contribution in [-0.4, -0.2) is 38.2 Å². The molecule has 0 radical (unpaired) electrons. The molecule has 0 bridgehead atoms. The molecule has 112 valence electrons. The Balaban J connectivity index is 2.00. The molecule has 0 N–H and O–H groups in total. The Labute approximate surface area is 120 Å². The minimum Gasteiger partial charge on any atom is -0.382 e. The Morgan fingerprint density at radius 3 is 2.47 bits per heavy atom.